The molecule has 0 fully saturated rings. The van der Waals surface area contributed by atoms with Gasteiger partial charge in [-0.15, -0.1) is 0 Å². The number of halogens is 1. The van der Waals surface area contributed by atoms with Gasteiger partial charge in [0.1, 0.15) is 0 Å². The van der Waals surface area contributed by atoms with Crippen LogP contribution >= 0.6 is 11.6 Å². The smallest absolute Gasteiger partial charge is 0.337 e. The van der Waals surface area contributed by atoms with Gasteiger partial charge in [-0.2, -0.15) is 0 Å². The number of rotatable bonds is 4. The van der Waals surface area contributed by atoms with Gasteiger partial charge >= 0.3 is 12.0 Å². The summed E-state index contributed by atoms with van der Waals surface area (Å²) in [5.41, 5.74) is 0.241. The molecule has 3 N–H and O–H groups in total. The molecule has 0 saturated heterocycles. The largest absolute Gasteiger partial charge is 0.478 e. The van der Waals surface area contributed by atoms with E-state index in [0.717, 1.165) is 0 Å². The van der Waals surface area contributed by atoms with E-state index in [-0.39, 0.29) is 22.8 Å². The molecule has 2 amide bonds. The van der Waals surface area contributed by atoms with Crippen LogP contribution in [-0.2, 0) is 0 Å². The number of hydrogen-bond acceptors (Lipinski definition) is 2. The number of urea groups is 1. The molecule has 0 aromatic heterocycles. The van der Waals surface area contributed by atoms with Gasteiger partial charge in [-0.05, 0) is 12.1 Å². The first-order chi connectivity index (χ1) is 8.00. The lowest BCUT2D eigenvalue weighted by molar-refractivity contribution is 0.0698. The molecule has 0 atom stereocenters. The molecule has 90 valence electrons. The van der Waals surface area contributed by atoms with Gasteiger partial charge in [0.25, 0.3) is 0 Å². The molecule has 0 aliphatic carbocycles. The molecule has 1 rings (SSSR count). The van der Waals surface area contributed by atoms with Crippen molar-refractivity contribution in [3.8, 4) is 0 Å². The zero-order valence-electron chi connectivity index (χ0n) is 8.87. The molecule has 0 bridgehead atoms. The van der Waals surface area contributed by atoms with Crippen LogP contribution in [0.15, 0.2) is 35.9 Å². The number of carboxylic acids is 1. The number of para-hydroxylation sites is 1. The van der Waals surface area contributed by atoms with Crippen molar-refractivity contribution in [3.05, 3.63) is 41.4 Å². The van der Waals surface area contributed by atoms with E-state index >= 15 is 0 Å². The lowest BCUT2D eigenvalue weighted by Crippen LogP contribution is -2.30. The molecule has 0 saturated carbocycles. The number of hydrogen-bond donors (Lipinski definition) is 3. The Morgan fingerprint density at radius 1 is 1.35 bits per heavy atom. The number of anilines is 1. The van der Waals surface area contributed by atoms with Crippen LogP contribution in [-0.4, -0.2) is 23.7 Å². The fraction of sp³-hybridized carbons (Fsp3) is 0.0909. The van der Waals surface area contributed by atoms with E-state index in [1.165, 1.54) is 12.1 Å². The summed E-state index contributed by atoms with van der Waals surface area (Å²) in [4.78, 5) is 22.2. The van der Waals surface area contributed by atoms with Crippen molar-refractivity contribution < 1.29 is 14.7 Å². The summed E-state index contributed by atoms with van der Waals surface area (Å²) in [6, 6.07) is 5.56. The number of carbonyl (C=O) groups excluding carboxylic acids is 1. The van der Waals surface area contributed by atoms with E-state index in [2.05, 4.69) is 17.2 Å². The SMILES string of the molecule is C=C(Cl)CNC(=O)Nc1ccccc1C(=O)O. The van der Waals surface area contributed by atoms with Crippen molar-refractivity contribution in [2.45, 2.75) is 0 Å². The van der Waals surface area contributed by atoms with Gasteiger partial charge in [0.2, 0.25) is 0 Å². The van der Waals surface area contributed by atoms with Crippen LogP contribution in [0.5, 0.6) is 0 Å². The second-order valence-corrected chi connectivity index (χ2v) is 3.71. The summed E-state index contributed by atoms with van der Waals surface area (Å²) in [5, 5.41) is 14.0. The van der Waals surface area contributed by atoms with Gasteiger partial charge in [-0.25, -0.2) is 9.59 Å². The Kier molecular flexibility index (Phi) is 4.54. The van der Waals surface area contributed by atoms with E-state index < -0.39 is 12.0 Å². The minimum atomic E-state index is -1.11. The lowest BCUT2D eigenvalue weighted by Gasteiger charge is -2.09. The number of carboxylic acid groups (broad SMARTS) is 1. The van der Waals surface area contributed by atoms with E-state index in [1.807, 2.05) is 0 Å². The fourth-order valence-corrected chi connectivity index (χ4v) is 1.19. The Hall–Kier alpha value is -2.01. The molecule has 5 nitrogen and oxygen atoms in total. The minimum absolute atomic E-state index is 0.0207. The molecule has 0 unspecified atom stereocenters. The van der Waals surface area contributed by atoms with Gasteiger partial charge in [0, 0.05) is 5.03 Å². The molecule has 0 radical (unpaired) electrons. The third kappa shape index (κ3) is 4.16. The van der Waals surface area contributed by atoms with Crippen molar-refractivity contribution in [1.29, 1.82) is 0 Å². The molecule has 0 heterocycles. The number of carbonyl (C=O) groups is 2. The summed E-state index contributed by atoms with van der Waals surface area (Å²) in [5.74, 6) is -1.11. The van der Waals surface area contributed by atoms with Crippen LogP contribution in [0, 0.1) is 0 Å². The zero-order chi connectivity index (χ0) is 12.8. The van der Waals surface area contributed by atoms with Crippen LogP contribution < -0.4 is 10.6 Å². The van der Waals surface area contributed by atoms with E-state index in [9.17, 15) is 9.59 Å². The van der Waals surface area contributed by atoms with Crippen LogP contribution in [0.25, 0.3) is 0 Å². The highest BCUT2D eigenvalue weighted by Crippen LogP contribution is 2.14. The Bertz CT molecular complexity index is 460. The number of benzene rings is 1. The third-order valence-corrected chi connectivity index (χ3v) is 1.98. The highest BCUT2D eigenvalue weighted by atomic mass is 35.5. The molecule has 6 heteroatoms. The second-order valence-electron chi connectivity index (χ2n) is 3.18. The van der Waals surface area contributed by atoms with Crippen LogP contribution in [0.2, 0.25) is 0 Å². The lowest BCUT2D eigenvalue weighted by atomic mass is 10.2. The van der Waals surface area contributed by atoms with Crippen molar-refractivity contribution in [3.63, 3.8) is 0 Å². The Labute approximate surface area is 103 Å². The summed E-state index contributed by atoms with van der Waals surface area (Å²) < 4.78 is 0. The van der Waals surface area contributed by atoms with Gasteiger partial charge < -0.3 is 15.7 Å². The molecule has 1 aromatic rings. The first-order valence-electron chi connectivity index (χ1n) is 4.71. The molecular formula is C11H11ClN2O3. The summed E-state index contributed by atoms with van der Waals surface area (Å²) in [7, 11) is 0. The average Bonchev–Trinajstić information content (AvgIpc) is 2.27. The molecule has 0 spiro atoms. The van der Waals surface area contributed by atoms with Crippen molar-refractivity contribution >= 4 is 29.3 Å². The normalized spacial score (nSPS) is 9.47. The van der Waals surface area contributed by atoms with Crippen LogP contribution in [0.3, 0.4) is 0 Å². The zero-order valence-corrected chi connectivity index (χ0v) is 9.62. The second kappa shape index (κ2) is 5.91. The van der Waals surface area contributed by atoms with E-state index in [0.29, 0.717) is 0 Å². The van der Waals surface area contributed by atoms with Gasteiger partial charge in [0.05, 0.1) is 17.8 Å². The highest BCUT2D eigenvalue weighted by molar-refractivity contribution is 6.29. The van der Waals surface area contributed by atoms with E-state index in [4.69, 9.17) is 16.7 Å². The maximum absolute atomic E-state index is 11.4. The van der Waals surface area contributed by atoms with Crippen molar-refractivity contribution in [1.82, 2.24) is 5.32 Å². The Balaban J connectivity index is 2.71. The average molecular weight is 255 g/mol. The summed E-state index contributed by atoms with van der Waals surface area (Å²) in [6.45, 7) is 3.52. The highest BCUT2D eigenvalue weighted by Gasteiger charge is 2.10. The quantitative estimate of drug-likeness (QED) is 0.771. The van der Waals surface area contributed by atoms with Gasteiger partial charge in [0.15, 0.2) is 0 Å². The van der Waals surface area contributed by atoms with Gasteiger partial charge in [-0.1, -0.05) is 30.3 Å². The number of nitrogens with one attached hydrogen (secondary N) is 2. The maximum atomic E-state index is 11.4. The van der Waals surface area contributed by atoms with Crippen LogP contribution in [0.4, 0.5) is 10.5 Å². The molecule has 0 aliphatic rings. The number of amides is 2. The summed E-state index contributed by atoms with van der Waals surface area (Å²) in [6.07, 6.45) is 0. The Morgan fingerprint density at radius 3 is 2.59 bits per heavy atom. The van der Waals surface area contributed by atoms with Crippen molar-refractivity contribution in [2.75, 3.05) is 11.9 Å². The molecule has 17 heavy (non-hydrogen) atoms. The molecule has 1 aromatic carbocycles. The first kappa shape index (κ1) is 13.1. The monoisotopic (exact) mass is 254 g/mol. The minimum Gasteiger partial charge on any atom is -0.478 e. The van der Waals surface area contributed by atoms with E-state index in [1.54, 1.807) is 12.1 Å². The fourth-order valence-electron chi connectivity index (χ4n) is 1.12. The maximum Gasteiger partial charge on any atom is 0.337 e. The van der Waals surface area contributed by atoms with Gasteiger partial charge in [-0.3, -0.25) is 0 Å². The summed E-state index contributed by atoms with van der Waals surface area (Å²) >= 11 is 5.48. The van der Waals surface area contributed by atoms with Crippen LogP contribution in [0.1, 0.15) is 10.4 Å². The van der Waals surface area contributed by atoms with Crippen molar-refractivity contribution in [2.24, 2.45) is 0 Å². The third-order valence-electron chi connectivity index (χ3n) is 1.85. The topological polar surface area (TPSA) is 78.4 Å². The predicted octanol–water partition coefficient (Wildman–Crippen LogP) is 2.26. The predicted molar refractivity (Wildman–Crippen MR) is 65.4 cm³/mol. The first-order valence-corrected chi connectivity index (χ1v) is 5.09. The Morgan fingerprint density at radius 2 is 2.00 bits per heavy atom. The molecule has 0 aliphatic heterocycles. The molecular weight excluding hydrogens is 244 g/mol. The number of aromatic carboxylic acids is 1. The standard InChI is InChI=1S/C11H11ClN2O3/c1-7(12)6-13-11(17)14-9-5-3-2-4-8(9)10(15)16/h2-5H,1,6H2,(H,15,16)(H2,13,14,17).